The molecule has 2 rings (SSSR count). The first-order valence-corrected chi connectivity index (χ1v) is 7.01. The van der Waals surface area contributed by atoms with Crippen LogP contribution in [-0.4, -0.2) is 44.8 Å². The zero-order valence-electron chi connectivity index (χ0n) is 9.23. The summed E-state index contributed by atoms with van der Waals surface area (Å²) in [6, 6.07) is 0.232. The lowest BCUT2D eigenvalue weighted by Gasteiger charge is -2.33. The quantitative estimate of drug-likeness (QED) is 0.693. The van der Waals surface area contributed by atoms with Gasteiger partial charge < -0.3 is 4.90 Å². The van der Waals surface area contributed by atoms with Crippen molar-refractivity contribution in [3.8, 4) is 0 Å². The van der Waals surface area contributed by atoms with Crippen molar-refractivity contribution in [2.24, 2.45) is 0 Å². The summed E-state index contributed by atoms with van der Waals surface area (Å²) in [5.74, 6) is 1.69. The van der Waals surface area contributed by atoms with Crippen molar-refractivity contribution in [1.29, 1.82) is 0 Å². The summed E-state index contributed by atoms with van der Waals surface area (Å²) in [5.41, 5.74) is 0. The first-order chi connectivity index (χ1) is 7.09. The Morgan fingerprint density at radius 2 is 1.93 bits per heavy atom. The fourth-order valence-electron chi connectivity index (χ4n) is 2.48. The van der Waals surface area contributed by atoms with Crippen LogP contribution in [0.3, 0.4) is 0 Å². The van der Waals surface area contributed by atoms with Crippen LogP contribution in [0.1, 0.15) is 26.7 Å². The smallest absolute Gasteiger partial charge is 0.240 e. The van der Waals surface area contributed by atoms with Crippen LogP contribution in [0, 0.1) is 0 Å². The predicted octanol–water partition coefficient (Wildman–Crippen LogP) is 0.0638. The zero-order valence-corrected chi connectivity index (χ0v) is 10.0. The zero-order chi connectivity index (χ0) is 11.0. The molecule has 0 spiro atoms. The maximum atomic E-state index is 11.9. The average molecular weight is 230 g/mol. The van der Waals surface area contributed by atoms with Crippen molar-refractivity contribution < 1.29 is 9.00 Å². The molecule has 0 aromatic carbocycles. The fraction of sp³-hybridized carbons (Fsp3) is 0.900. The maximum absolute atomic E-state index is 11.9. The second-order valence-electron chi connectivity index (χ2n) is 4.39. The Labute approximate surface area is 92.9 Å². The van der Waals surface area contributed by atoms with Gasteiger partial charge in [0.1, 0.15) is 0 Å². The molecule has 2 atom stereocenters. The second kappa shape index (κ2) is 4.22. The van der Waals surface area contributed by atoms with E-state index < -0.39 is 10.8 Å². The molecule has 2 unspecified atom stereocenters. The van der Waals surface area contributed by atoms with Gasteiger partial charge in [-0.25, -0.2) is 0 Å². The normalized spacial score (nSPS) is 42.3. The molecule has 0 aromatic heterocycles. The molecule has 0 aromatic rings. The van der Waals surface area contributed by atoms with E-state index in [0.29, 0.717) is 6.04 Å². The number of carbonyl (C=O) groups is 1. The summed E-state index contributed by atoms with van der Waals surface area (Å²) in [5, 5.41) is 3.23. The lowest BCUT2D eigenvalue weighted by Crippen LogP contribution is -2.46. The summed E-state index contributed by atoms with van der Waals surface area (Å²) in [6.07, 6.45) is 1.90. The van der Waals surface area contributed by atoms with Crippen LogP contribution < -0.4 is 5.32 Å². The largest absolute Gasteiger partial charge is 0.323 e. The van der Waals surface area contributed by atoms with Gasteiger partial charge in [0.25, 0.3) is 0 Å². The Balaban J connectivity index is 2.04. The highest BCUT2D eigenvalue weighted by atomic mass is 32.2. The molecule has 15 heavy (non-hydrogen) atoms. The van der Waals surface area contributed by atoms with Crippen LogP contribution in [0.25, 0.3) is 0 Å². The highest BCUT2D eigenvalue weighted by Gasteiger charge is 2.38. The lowest BCUT2D eigenvalue weighted by atomic mass is 10.1. The molecule has 0 bridgehead atoms. The van der Waals surface area contributed by atoms with E-state index in [9.17, 15) is 9.00 Å². The third-order valence-electron chi connectivity index (χ3n) is 3.28. The Bertz CT molecular complexity index is 285. The first-order valence-electron chi connectivity index (χ1n) is 5.53. The monoisotopic (exact) mass is 230 g/mol. The Kier molecular flexibility index (Phi) is 3.11. The predicted molar refractivity (Wildman–Crippen MR) is 59.8 cm³/mol. The van der Waals surface area contributed by atoms with Gasteiger partial charge in [-0.1, -0.05) is 0 Å². The standard InChI is InChI=1S/C10H18N2O2S/c1-7-10(13)12(8(2)11-7)9-3-5-15(14)6-4-9/h7-9,11H,3-6H2,1-2H3. The number of rotatable bonds is 1. The van der Waals surface area contributed by atoms with E-state index in [1.54, 1.807) is 0 Å². The van der Waals surface area contributed by atoms with E-state index in [2.05, 4.69) is 5.32 Å². The van der Waals surface area contributed by atoms with E-state index in [1.807, 2.05) is 18.7 Å². The molecule has 1 N–H and O–H groups in total. The summed E-state index contributed by atoms with van der Waals surface area (Å²) >= 11 is 0. The van der Waals surface area contributed by atoms with Gasteiger partial charge in [-0.05, 0) is 26.7 Å². The van der Waals surface area contributed by atoms with E-state index >= 15 is 0 Å². The van der Waals surface area contributed by atoms with Crippen molar-refractivity contribution in [2.45, 2.75) is 44.9 Å². The molecule has 86 valence electrons. The van der Waals surface area contributed by atoms with Gasteiger partial charge in [0.15, 0.2) is 0 Å². The molecule has 4 nitrogen and oxygen atoms in total. The minimum absolute atomic E-state index is 0.0626. The van der Waals surface area contributed by atoms with Crippen LogP contribution in [0.5, 0.6) is 0 Å². The van der Waals surface area contributed by atoms with Gasteiger partial charge in [-0.3, -0.25) is 14.3 Å². The summed E-state index contributed by atoms with van der Waals surface area (Å²) < 4.78 is 11.2. The first kappa shape index (κ1) is 11.1. The second-order valence-corrected chi connectivity index (χ2v) is 6.09. The number of carbonyl (C=O) groups excluding carboxylic acids is 1. The number of hydrogen-bond acceptors (Lipinski definition) is 3. The summed E-state index contributed by atoms with van der Waals surface area (Å²) in [7, 11) is -0.651. The summed E-state index contributed by atoms with van der Waals surface area (Å²) in [4.78, 5) is 13.8. The molecule has 1 amide bonds. The van der Waals surface area contributed by atoms with E-state index in [4.69, 9.17) is 0 Å². The number of amides is 1. The average Bonchev–Trinajstić information content (AvgIpc) is 2.44. The SMILES string of the molecule is CC1NC(C)N(C2CCS(=O)CC2)C1=O. The molecule has 0 aliphatic carbocycles. The fourth-order valence-corrected chi connectivity index (χ4v) is 3.76. The molecule has 2 aliphatic heterocycles. The van der Waals surface area contributed by atoms with Crippen LogP contribution in [0.4, 0.5) is 0 Å². The molecular weight excluding hydrogens is 212 g/mol. The van der Waals surface area contributed by atoms with Crippen molar-refractivity contribution in [3.63, 3.8) is 0 Å². The van der Waals surface area contributed by atoms with Crippen molar-refractivity contribution in [2.75, 3.05) is 11.5 Å². The van der Waals surface area contributed by atoms with E-state index in [-0.39, 0.29) is 18.1 Å². The van der Waals surface area contributed by atoms with Crippen LogP contribution in [0.2, 0.25) is 0 Å². The van der Waals surface area contributed by atoms with Gasteiger partial charge in [0, 0.05) is 28.3 Å². The molecule has 2 heterocycles. The van der Waals surface area contributed by atoms with Crippen molar-refractivity contribution in [1.82, 2.24) is 10.2 Å². The molecule has 5 heteroatoms. The van der Waals surface area contributed by atoms with Gasteiger partial charge in [0.2, 0.25) is 5.91 Å². The van der Waals surface area contributed by atoms with Crippen LogP contribution in [-0.2, 0) is 15.6 Å². The number of nitrogens with zero attached hydrogens (tertiary/aromatic N) is 1. The Morgan fingerprint density at radius 3 is 2.40 bits per heavy atom. The highest BCUT2D eigenvalue weighted by molar-refractivity contribution is 7.85. The third-order valence-corrected chi connectivity index (χ3v) is 4.67. The Morgan fingerprint density at radius 1 is 1.33 bits per heavy atom. The maximum Gasteiger partial charge on any atom is 0.240 e. The van der Waals surface area contributed by atoms with Gasteiger partial charge in [-0.15, -0.1) is 0 Å². The van der Waals surface area contributed by atoms with Gasteiger partial charge in [-0.2, -0.15) is 0 Å². The highest BCUT2D eigenvalue weighted by Crippen LogP contribution is 2.22. The molecule has 0 radical (unpaired) electrons. The number of nitrogens with one attached hydrogen (secondary N) is 1. The van der Waals surface area contributed by atoms with Crippen molar-refractivity contribution >= 4 is 16.7 Å². The molecule has 2 saturated heterocycles. The minimum Gasteiger partial charge on any atom is -0.323 e. The van der Waals surface area contributed by atoms with Crippen LogP contribution in [0.15, 0.2) is 0 Å². The van der Waals surface area contributed by atoms with E-state index in [0.717, 1.165) is 24.3 Å². The molecule has 0 saturated carbocycles. The molecule has 2 fully saturated rings. The molecular formula is C10H18N2O2S. The van der Waals surface area contributed by atoms with Gasteiger partial charge >= 0.3 is 0 Å². The number of hydrogen-bond donors (Lipinski definition) is 1. The van der Waals surface area contributed by atoms with E-state index in [1.165, 1.54) is 0 Å². The topological polar surface area (TPSA) is 49.4 Å². The van der Waals surface area contributed by atoms with Crippen LogP contribution >= 0.6 is 0 Å². The third kappa shape index (κ3) is 2.08. The Hall–Kier alpha value is -0.420. The molecule has 2 aliphatic rings. The lowest BCUT2D eigenvalue weighted by molar-refractivity contribution is -0.131. The van der Waals surface area contributed by atoms with Gasteiger partial charge in [0.05, 0.1) is 12.2 Å². The summed E-state index contributed by atoms with van der Waals surface area (Å²) in [6.45, 7) is 3.92. The minimum atomic E-state index is -0.651. The van der Waals surface area contributed by atoms with Crippen molar-refractivity contribution in [3.05, 3.63) is 0 Å².